The minimum absolute atomic E-state index is 0.447. The molecule has 0 aliphatic heterocycles. The second kappa shape index (κ2) is 5.72. The topological polar surface area (TPSA) is 15.3 Å². The van der Waals surface area contributed by atoms with Crippen LogP contribution in [0.4, 0.5) is 0 Å². The molecule has 1 N–H and O–H groups in total. The number of rotatable bonds is 5. The Kier molecular flexibility index (Phi) is 4.46. The van der Waals surface area contributed by atoms with Crippen LogP contribution in [0, 0.1) is 11.3 Å². The van der Waals surface area contributed by atoms with Gasteiger partial charge in [0.15, 0.2) is 0 Å². The minimum atomic E-state index is 0.447. The van der Waals surface area contributed by atoms with Gasteiger partial charge in [-0.15, -0.1) is 0 Å². The maximum absolute atomic E-state index is 3.54. The predicted octanol–water partition coefficient (Wildman–Crippen LogP) is 3.20. The summed E-state index contributed by atoms with van der Waals surface area (Å²) in [5.41, 5.74) is 1.89. The molecule has 2 unspecified atom stereocenters. The van der Waals surface area contributed by atoms with E-state index in [1.807, 2.05) is 0 Å². The lowest BCUT2D eigenvalue weighted by molar-refractivity contribution is 0.207. The third-order valence-electron chi connectivity index (χ3n) is 4.36. The van der Waals surface area contributed by atoms with Gasteiger partial charge in [0, 0.05) is 19.1 Å². The molecule has 0 radical (unpaired) electrons. The van der Waals surface area contributed by atoms with Gasteiger partial charge in [-0.1, -0.05) is 13.8 Å². The number of nitrogens with one attached hydrogen (secondary N) is 1. The Hall–Kier alpha value is -0.380. The molecular formula is C15H26N2S. The van der Waals surface area contributed by atoms with Gasteiger partial charge >= 0.3 is 0 Å². The fourth-order valence-corrected chi connectivity index (χ4v) is 4.16. The molecule has 1 aromatic rings. The van der Waals surface area contributed by atoms with Gasteiger partial charge in [0.05, 0.1) is 0 Å². The molecule has 2 nitrogen and oxygen atoms in total. The monoisotopic (exact) mass is 266 g/mol. The van der Waals surface area contributed by atoms with Crippen molar-refractivity contribution in [3.63, 3.8) is 0 Å². The molecule has 1 aliphatic rings. The van der Waals surface area contributed by atoms with E-state index in [9.17, 15) is 0 Å². The molecule has 3 heteroatoms. The van der Waals surface area contributed by atoms with Gasteiger partial charge < -0.3 is 10.2 Å². The zero-order chi connectivity index (χ0) is 13.2. The average Bonchev–Trinajstić information content (AvgIpc) is 2.87. The number of hydrogen-bond donors (Lipinski definition) is 1. The van der Waals surface area contributed by atoms with Gasteiger partial charge in [-0.25, -0.2) is 0 Å². The summed E-state index contributed by atoms with van der Waals surface area (Å²) in [6.07, 6.45) is 2.70. The fourth-order valence-electron chi connectivity index (χ4n) is 3.50. The van der Waals surface area contributed by atoms with Crippen LogP contribution in [0.1, 0.15) is 32.3 Å². The first-order valence-electron chi connectivity index (χ1n) is 6.90. The van der Waals surface area contributed by atoms with Crippen molar-refractivity contribution in [1.82, 2.24) is 10.2 Å². The van der Waals surface area contributed by atoms with E-state index in [1.165, 1.54) is 24.9 Å². The van der Waals surface area contributed by atoms with E-state index in [0.29, 0.717) is 11.5 Å². The molecular weight excluding hydrogens is 240 g/mol. The highest BCUT2D eigenvalue weighted by Gasteiger charge is 2.40. The molecule has 0 bridgehead atoms. The zero-order valence-electron chi connectivity index (χ0n) is 12.1. The lowest BCUT2D eigenvalue weighted by Gasteiger charge is -2.32. The average molecular weight is 266 g/mol. The first-order valence-corrected chi connectivity index (χ1v) is 7.84. The second-order valence-corrected chi connectivity index (χ2v) is 7.16. The van der Waals surface area contributed by atoms with Crippen LogP contribution in [0.25, 0.3) is 0 Å². The summed E-state index contributed by atoms with van der Waals surface area (Å²) < 4.78 is 0. The van der Waals surface area contributed by atoms with Gasteiger partial charge in [0.1, 0.15) is 0 Å². The Morgan fingerprint density at radius 2 is 2.28 bits per heavy atom. The summed E-state index contributed by atoms with van der Waals surface area (Å²) >= 11 is 1.79. The SMILES string of the molecule is CNC1C(CN(C)Cc2ccsc2)CCC1(C)C. The van der Waals surface area contributed by atoms with E-state index in [4.69, 9.17) is 0 Å². The van der Waals surface area contributed by atoms with Gasteiger partial charge in [-0.05, 0) is 60.7 Å². The van der Waals surface area contributed by atoms with Crippen LogP contribution in [0.5, 0.6) is 0 Å². The van der Waals surface area contributed by atoms with Gasteiger partial charge in [-0.2, -0.15) is 11.3 Å². The first-order chi connectivity index (χ1) is 8.53. The maximum Gasteiger partial charge on any atom is 0.0239 e. The van der Waals surface area contributed by atoms with Crippen molar-refractivity contribution in [2.24, 2.45) is 11.3 Å². The third kappa shape index (κ3) is 3.14. The van der Waals surface area contributed by atoms with Gasteiger partial charge in [0.25, 0.3) is 0 Å². The largest absolute Gasteiger partial charge is 0.316 e. The number of thiophene rings is 1. The Bertz CT molecular complexity index is 359. The van der Waals surface area contributed by atoms with Crippen molar-refractivity contribution in [3.05, 3.63) is 22.4 Å². The van der Waals surface area contributed by atoms with Gasteiger partial charge in [-0.3, -0.25) is 0 Å². The first kappa shape index (κ1) is 14.0. The molecule has 2 atom stereocenters. The Balaban J connectivity index is 1.89. The van der Waals surface area contributed by atoms with Crippen molar-refractivity contribution in [1.29, 1.82) is 0 Å². The summed E-state index contributed by atoms with van der Waals surface area (Å²) in [5, 5.41) is 7.96. The lowest BCUT2D eigenvalue weighted by Crippen LogP contribution is -2.43. The van der Waals surface area contributed by atoms with E-state index >= 15 is 0 Å². The van der Waals surface area contributed by atoms with Crippen molar-refractivity contribution in [2.45, 2.75) is 39.3 Å². The molecule has 1 saturated carbocycles. The Morgan fingerprint density at radius 1 is 1.50 bits per heavy atom. The Morgan fingerprint density at radius 3 is 2.89 bits per heavy atom. The summed E-state index contributed by atoms with van der Waals surface area (Å²) in [6, 6.07) is 2.89. The lowest BCUT2D eigenvalue weighted by atomic mass is 9.85. The second-order valence-electron chi connectivity index (χ2n) is 6.38. The quantitative estimate of drug-likeness (QED) is 0.880. The third-order valence-corrected chi connectivity index (χ3v) is 5.09. The molecule has 1 heterocycles. The molecule has 1 aliphatic carbocycles. The summed E-state index contributed by atoms with van der Waals surface area (Å²) in [4.78, 5) is 2.47. The van der Waals surface area contributed by atoms with Crippen LogP contribution in [0.15, 0.2) is 16.8 Å². The van der Waals surface area contributed by atoms with Crippen LogP contribution < -0.4 is 5.32 Å². The molecule has 2 rings (SSSR count). The van der Waals surface area contributed by atoms with Crippen LogP contribution in [0.3, 0.4) is 0 Å². The van der Waals surface area contributed by atoms with E-state index in [1.54, 1.807) is 11.3 Å². The van der Waals surface area contributed by atoms with Crippen molar-refractivity contribution in [2.75, 3.05) is 20.6 Å². The number of hydrogen-bond acceptors (Lipinski definition) is 3. The zero-order valence-corrected chi connectivity index (χ0v) is 12.9. The molecule has 18 heavy (non-hydrogen) atoms. The molecule has 102 valence electrons. The van der Waals surface area contributed by atoms with Crippen molar-refractivity contribution < 1.29 is 0 Å². The Labute approximate surface area is 115 Å². The summed E-state index contributed by atoms with van der Waals surface area (Å²) in [5.74, 6) is 0.786. The fraction of sp³-hybridized carbons (Fsp3) is 0.733. The van der Waals surface area contributed by atoms with Crippen LogP contribution in [-0.4, -0.2) is 31.6 Å². The number of nitrogens with zero attached hydrogens (tertiary/aromatic N) is 1. The minimum Gasteiger partial charge on any atom is -0.316 e. The molecule has 0 spiro atoms. The normalized spacial score (nSPS) is 26.9. The molecule has 0 aromatic carbocycles. The standard InChI is InChI=1S/C15H26N2S/c1-15(2)7-5-13(14(15)16-3)10-17(4)9-12-6-8-18-11-12/h6,8,11,13-14,16H,5,7,9-10H2,1-4H3. The smallest absolute Gasteiger partial charge is 0.0239 e. The predicted molar refractivity (Wildman–Crippen MR) is 80.0 cm³/mol. The van der Waals surface area contributed by atoms with E-state index < -0.39 is 0 Å². The molecule has 1 fully saturated rings. The molecule has 0 amide bonds. The van der Waals surface area contributed by atoms with Gasteiger partial charge in [0.2, 0.25) is 0 Å². The summed E-state index contributed by atoms with van der Waals surface area (Å²) in [7, 11) is 4.36. The highest BCUT2D eigenvalue weighted by atomic mass is 32.1. The van der Waals surface area contributed by atoms with Crippen molar-refractivity contribution in [3.8, 4) is 0 Å². The highest BCUT2D eigenvalue weighted by Crippen LogP contribution is 2.41. The molecule has 1 aromatic heterocycles. The molecule has 0 saturated heterocycles. The summed E-state index contributed by atoms with van der Waals surface area (Å²) in [6.45, 7) is 7.07. The van der Waals surface area contributed by atoms with E-state index in [2.05, 4.69) is 55.0 Å². The highest BCUT2D eigenvalue weighted by molar-refractivity contribution is 7.07. The van der Waals surface area contributed by atoms with E-state index in [0.717, 1.165) is 12.5 Å². The van der Waals surface area contributed by atoms with E-state index in [-0.39, 0.29) is 0 Å². The van der Waals surface area contributed by atoms with Crippen LogP contribution in [0.2, 0.25) is 0 Å². The van der Waals surface area contributed by atoms with Crippen molar-refractivity contribution >= 4 is 11.3 Å². The van der Waals surface area contributed by atoms with Crippen LogP contribution >= 0.6 is 11.3 Å². The maximum atomic E-state index is 3.54. The van der Waals surface area contributed by atoms with Crippen LogP contribution in [-0.2, 0) is 6.54 Å².